The predicted octanol–water partition coefficient (Wildman–Crippen LogP) is -0.368. The van der Waals surface area contributed by atoms with E-state index < -0.39 is 0 Å². The van der Waals surface area contributed by atoms with Crippen molar-refractivity contribution in [2.24, 2.45) is 0 Å². The molecule has 0 aliphatic heterocycles. The summed E-state index contributed by atoms with van der Waals surface area (Å²) < 4.78 is 1.51. The molecule has 2 aliphatic carbocycles. The van der Waals surface area contributed by atoms with Crippen LogP contribution in [0.15, 0.2) is 65.8 Å². The summed E-state index contributed by atoms with van der Waals surface area (Å²) in [6, 6.07) is 17.6. The second-order valence-electron chi connectivity index (χ2n) is 6.27. The minimum absolute atomic E-state index is 0. The first-order valence-electron chi connectivity index (χ1n) is 8.07. The quantitative estimate of drug-likeness (QED) is 0.524. The van der Waals surface area contributed by atoms with Crippen LogP contribution >= 0.6 is 0 Å². The van der Waals surface area contributed by atoms with Crippen molar-refractivity contribution in [2.75, 3.05) is 0 Å². The van der Waals surface area contributed by atoms with Crippen molar-refractivity contribution in [1.29, 1.82) is 0 Å². The smallest absolute Gasteiger partial charge is 1.00 e. The number of hydrogen-bond donors (Lipinski definition) is 0. The van der Waals surface area contributed by atoms with E-state index in [0.717, 1.165) is 6.42 Å². The predicted molar refractivity (Wildman–Crippen MR) is 95.2 cm³/mol. The van der Waals surface area contributed by atoms with E-state index in [-0.39, 0.29) is 24.8 Å². The Labute approximate surface area is 178 Å². The van der Waals surface area contributed by atoms with Gasteiger partial charge in [0.15, 0.2) is 0 Å². The van der Waals surface area contributed by atoms with E-state index >= 15 is 0 Å². The molecule has 0 spiro atoms. The number of allylic oxidation sites excluding steroid dienone is 4. The first kappa shape index (κ1) is 22.3. The molecule has 0 saturated heterocycles. The van der Waals surface area contributed by atoms with Crippen molar-refractivity contribution in [2.45, 2.75) is 33.1 Å². The van der Waals surface area contributed by atoms with Crippen LogP contribution in [0.25, 0.3) is 11.1 Å². The molecule has 0 unspecified atom stereocenters. The molecule has 3 heteroatoms. The molecule has 0 fully saturated rings. The van der Waals surface area contributed by atoms with Gasteiger partial charge in [-0.15, -0.1) is 6.42 Å². The van der Waals surface area contributed by atoms with Crippen LogP contribution in [0.3, 0.4) is 0 Å². The molecule has 2 aromatic rings. The maximum Gasteiger partial charge on any atom is -1.00 e. The van der Waals surface area contributed by atoms with E-state index in [1.54, 1.807) is 24.2 Å². The van der Waals surface area contributed by atoms with E-state index in [0.29, 0.717) is 5.92 Å². The molecule has 25 heavy (non-hydrogen) atoms. The Hall–Kier alpha value is -0.747. The van der Waals surface area contributed by atoms with Gasteiger partial charge in [0, 0.05) is 0 Å². The Balaban J connectivity index is 0.000000476. The number of halogens is 2. The molecule has 128 valence electrons. The van der Waals surface area contributed by atoms with Gasteiger partial charge in [-0.3, -0.25) is 6.08 Å². The van der Waals surface area contributed by atoms with Crippen molar-refractivity contribution in [3.63, 3.8) is 0 Å². The summed E-state index contributed by atoms with van der Waals surface area (Å²) in [6.45, 7) is 6.43. The van der Waals surface area contributed by atoms with Gasteiger partial charge in [-0.25, -0.2) is 5.57 Å². The van der Waals surface area contributed by atoms with E-state index in [2.05, 4.69) is 81.5 Å². The molecule has 0 amide bonds. The molecule has 2 aliphatic rings. The number of fused-ring (bicyclic) bond motifs is 3. The molecular weight excluding hydrogens is 426 g/mol. The van der Waals surface area contributed by atoms with Gasteiger partial charge in [-0.1, -0.05) is 55.5 Å². The standard InChI is InChI=1S/C19H15.C3H6.2ClH.Zr/c1-13-7-6-12-14(13)19-17-10-4-2-8-15(17)16-9-3-5-11-18(16)19;1-3-2;;;/h2-5,8-12,19H,6H2,1H3;1-2H3;2*1H;/q-1;;;;+2/p-2. The molecule has 0 radical (unpaired) electrons. The third-order valence-electron chi connectivity index (χ3n) is 4.27. The normalized spacial score (nSPS) is 14.0. The van der Waals surface area contributed by atoms with Crippen LogP contribution in [-0.4, -0.2) is 3.21 Å². The van der Waals surface area contributed by atoms with Gasteiger partial charge in [-0.2, -0.15) is 11.6 Å². The fourth-order valence-corrected chi connectivity index (χ4v) is 3.39. The zero-order valence-corrected chi connectivity index (χ0v) is 18.7. The summed E-state index contributed by atoms with van der Waals surface area (Å²) in [4.78, 5) is 0. The van der Waals surface area contributed by atoms with Crippen molar-refractivity contribution in [1.82, 2.24) is 0 Å². The zero-order chi connectivity index (χ0) is 16.4. The topological polar surface area (TPSA) is 0 Å². The summed E-state index contributed by atoms with van der Waals surface area (Å²) in [5.41, 5.74) is 8.43. The van der Waals surface area contributed by atoms with Crippen LogP contribution in [-0.2, 0) is 24.2 Å². The summed E-state index contributed by atoms with van der Waals surface area (Å²) in [5, 5.41) is 0. The van der Waals surface area contributed by atoms with Gasteiger partial charge in [0.1, 0.15) is 0 Å². The van der Waals surface area contributed by atoms with E-state index in [1.165, 1.54) is 36.6 Å². The fraction of sp³-hybridized carbons (Fsp3) is 0.227. The van der Waals surface area contributed by atoms with Crippen LogP contribution in [0.5, 0.6) is 0 Å². The van der Waals surface area contributed by atoms with Crippen LogP contribution in [0.4, 0.5) is 0 Å². The molecule has 2 aromatic carbocycles. The van der Waals surface area contributed by atoms with E-state index in [4.69, 9.17) is 0 Å². The molecule has 0 nitrogen and oxygen atoms in total. The Morgan fingerprint density at radius 3 is 1.76 bits per heavy atom. The van der Waals surface area contributed by atoms with Crippen LogP contribution < -0.4 is 24.8 Å². The molecule has 0 atom stereocenters. The molecule has 0 N–H and O–H groups in total. The first-order chi connectivity index (χ1) is 11.1. The van der Waals surface area contributed by atoms with Gasteiger partial charge in [0.05, 0.1) is 0 Å². The Kier molecular flexibility index (Phi) is 8.75. The van der Waals surface area contributed by atoms with Gasteiger partial charge in [0.2, 0.25) is 0 Å². The second kappa shape index (κ2) is 9.81. The fourth-order valence-electron chi connectivity index (χ4n) is 3.39. The Morgan fingerprint density at radius 1 is 0.920 bits per heavy atom. The van der Waals surface area contributed by atoms with Gasteiger partial charge >= 0.3 is 41.3 Å². The van der Waals surface area contributed by atoms with E-state index in [1.807, 2.05) is 0 Å². The van der Waals surface area contributed by atoms with Crippen LogP contribution in [0.1, 0.15) is 44.2 Å². The van der Waals surface area contributed by atoms with Crippen LogP contribution in [0, 0.1) is 6.08 Å². The maximum atomic E-state index is 3.43. The minimum atomic E-state index is 0. The molecule has 0 aromatic heterocycles. The zero-order valence-electron chi connectivity index (χ0n) is 14.7. The van der Waals surface area contributed by atoms with Crippen molar-refractivity contribution in [3.05, 3.63) is 83.0 Å². The molecule has 4 rings (SSSR count). The monoisotopic (exact) mass is 445 g/mol. The summed E-state index contributed by atoms with van der Waals surface area (Å²) in [5.74, 6) is 0.405. The SMILES string of the molecule is CC1=[C-]CC=C1C1c2ccccc2-c2ccccc21.C[C](C)=[Zr+2].[Cl-].[Cl-]. The van der Waals surface area contributed by atoms with Gasteiger partial charge in [-0.05, 0) is 28.2 Å². The third-order valence-corrected chi connectivity index (χ3v) is 4.27. The van der Waals surface area contributed by atoms with Crippen molar-refractivity contribution in [3.8, 4) is 11.1 Å². The Morgan fingerprint density at radius 2 is 1.36 bits per heavy atom. The molecule has 0 bridgehead atoms. The van der Waals surface area contributed by atoms with Crippen molar-refractivity contribution < 1.29 is 49.0 Å². The minimum Gasteiger partial charge on any atom is -1.00 e. The van der Waals surface area contributed by atoms with E-state index in [9.17, 15) is 0 Å². The molecule has 0 heterocycles. The van der Waals surface area contributed by atoms with Gasteiger partial charge < -0.3 is 24.8 Å². The molecule has 0 saturated carbocycles. The first-order valence-corrected chi connectivity index (χ1v) is 9.30. The largest absolute Gasteiger partial charge is 1.00 e. The maximum absolute atomic E-state index is 3.43. The van der Waals surface area contributed by atoms with Crippen LogP contribution in [0.2, 0.25) is 0 Å². The average molecular weight is 448 g/mol. The average Bonchev–Trinajstić information content (AvgIpc) is 3.08. The molecular formula is C22H21Cl2Zr-. The summed E-state index contributed by atoms with van der Waals surface area (Å²) in [7, 11) is 0. The number of rotatable bonds is 1. The summed E-state index contributed by atoms with van der Waals surface area (Å²) >= 11 is 1.55. The van der Waals surface area contributed by atoms with Crippen molar-refractivity contribution >= 4 is 3.21 Å². The number of benzene rings is 2. The Bertz CT molecular complexity index is 769. The number of hydrogen-bond acceptors (Lipinski definition) is 0. The van der Waals surface area contributed by atoms with Gasteiger partial charge in [0.25, 0.3) is 0 Å². The second-order valence-corrected chi connectivity index (χ2v) is 8.73. The summed E-state index contributed by atoms with van der Waals surface area (Å²) in [6.07, 6.45) is 6.72. The third kappa shape index (κ3) is 4.70.